The molecule has 2 atom stereocenters. The molecule has 0 aliphatic rings. The Bertz CT molecular complexity index is 586. The number of halogens is 1. The standard InChI is InChI=1S/C16H16ClNO2/c1-11(15(19)12-6-3-2-4-7-12)18-16(20)13-8-5-9-14(17)10-13/h2-11,15,19H,1H3,(H,18,20)/t11-,15+/m1/s1. The van der Waals surface area contributed by atoms with Crippen molar-refractivity contribution in [2.24, 2.45) is 0 Å². The van der Waals surface area contributed by atoms with Gasteiger partial charge >= 0.3 is 0 Å². The Morgan fingerprint density at radius 2 is 1.85 bits per heavy atom. The van der Waals surface area contributed by atoms with E-state index in [9.17, 15) is 9.90 Å². The monoisotopic (exact) mass is 289 g/mol. The number of rotatable bonds is 4. The second kappa shape index (κ2) is 6.55. The van der Waals surface area contributed by atoms with Gasteiger partial charge in [0, 0.05) is 10.6 Å². The largest absolute Gasteiger partial charge is 0.386 e. The number of hydrogen-bond acceptors (Lipinski definition) is 2. The third-order valence-electron chi connectivity index (χ3n) is 3.06. The summed E-state index contributed by atoms with van der Waals surface area (Å²) in [6.07, 6.45) is -0.751. The molecule has 2 rings (SSSR count). The first-order chi connectivity index (χ1) is 9.58. The first-order valence-corrected chi connectivity index (χ1v) is 6.75. The van der Waals surface area contributed by atoms with Gasteiger partial charge in [-0.15, -0.1) is 0 Å². The molecule has 0 aliphatic carbocycles. The van der Waals surface area contributed by atoms with Crippen LogP contribution in [0.2, 0.25) is 5.02 Å². The smallest absolute Gasteiger partial charge is 0.251 e. The molecule has 2 aromatic carbocycles. The number of hydrogen-bond donors (Lipinski definition) is 2. The highest BCUT2D eigenvalue weighted by Gasteiger charge is 2.18. The zero-order valence-corrected chi connectivity index (χ0v) is 11.8. The van der Waals surface area contributed by atoms with Gasteiger partial charge in [-0.3, -0.25) is 4.79 Å². The van der Waals surface area contributed by atoms with E-state index >= 15 is 0 Å². The van der Waals surface area contributed by atoms with Crippen LogP contribution in [0.4, 0.5) is 0 Å². The van der Waals surface area contributed by atoms with Crippen molar-refractivity contribution in [2.75, 3.05) is 0 Å². The van der Waals surface area contributed by atoms with Crippen LogP contribution in [-0.4, -0.2) is 17.1 Å². The second-order valence-electron chi connectivity index (χ2n) is 4.63. The van der Waals surface area contributed by atoms with E-state index in [-0.39, 0.29) is 5.91 Å². The first-order valence-electron chi connectivity index (χ1n) is 6.37. The Hall–Kier alpha value is -1.84. The van der Waals surface area contributed by atoms with Crippen LogP contribution >= 0.6 is 11.6 Å². The Labute approximate surface area is 123 Å². The lowest BCUT2D eigenvalue weighted by atomic mass is 10.0. The van der Waals surface area contributed by atoms with Crippen molar-refractivity contribution in [1.29, 1.82) is 0 Å². The van der Waals surface area contributed by atoms with E-state index in [1.807, 2.05) is 30.3 Å². The second-order valence-corrected chi connectivity index (χ2v) is 5.06. The highest BCUT2D eigenvalue weighted by Crippen LogP contribution is 2.17. The summed E-state index contributed by atoms with van der Waals surface area (Å²) in [4.78, 5) is 12.1. The summed E-state index contributed by atoms with van der Waals surface area (Å²) in [5.74, 6) is -0.255. The summed E-state index contributed by atoms with van der Waals surface area (Å²) in [5, 5.41) is 13.5. The van der Waals surface area contributed by atoms with Crippen LogP contribution < -0.4 is 5.32 Å². The minimum absolute atomic E-state index is 0.255. The lowest BCUT2D eigenvalue weighted by Gasteiger charge is -2.20. The summed E-state index contributed by atoms with van der Waals surface area (Å²) in [5.41, 5.74) is 1.25. The Morgan fingerprint density at radius 1 is 1.15 bits per heavy atom. The third kappa shape index (κ3) is 3.59. The van der Waals surface area contributed by atoms with Crippen LogP contribution in [-0.2, 0) is 0 Å². The van der Waals surface area contributed by atoms with E-state index in [0.29, 0.717) is 10.6 Å². The van der Waals surface area contributed by atoms with Crippen LogP contribution in [0.5, 0.6) is 0 Å². The molecule has 3 nitrogen and oxygen atoms in total. The van der Waals surface area contributed by atoms with E-state index in [4.69, 9.17) is 11.6 Å². The molecule has 20 heavy (non-hydrogen) atoms. The maximum absolute atomic E-state index is 12.1. The highest BCUT2D eigenvalue weighted by atomic mass is 35.5. The van der Waals surface area contributed by atoms with Gasteiger partial charge in [-0.2, -0.15) is 0 Å². The summed E-state index contributed by atoms with van der Waals surface area (Å²) < 4.78 is 0. The van der Waals surface area contributed by atoms with Crippen molar-refractivity contribution in [3.05, 3.63) is 70.7 Å². The number of benzene rings is 2. The molecule has 104 valence electrons. The molecule has 0 radical (unpaired) electrons. The van der Waals surface area contributed by atoms with Gasteiger partial charge in [0.25, 0.3) is 5.91 Å². The first kappa shape index (κ1) is 14.6. The molecule has 0 unspecified atom stereocenters. The molecule has 0 spiro atoms. The van der Waals surface area contributed by atoms with E-state index < -0.39 is 12.1 Å². The fourth-order valence-electron chi connectivity index (χ4n) is 1.94. The topological polar surface area (TPSA) is 49.3 Å². The van der Waals surface area contributed by atoms with Gasteiger partial charge in [0.1, 0.15) is 0 Å². The summed E-state index contributed by atoms with van der Waals surface area (Å²) >= 11 is 5.85. The number of nitrogens with one attached hydrogen (secondary N) is 1. The van der Waals surface area contributed by atoms with Gasteiger partial charge in [0.15, 0.2) is 0 Å². The minimum atomic E-state index is -0.751. The van der Waals surface area contributed by atoms with Crippen LogP contribution in [0.25, 0.3) is 0 Å². The van der Waals surface area contributed by atoms with Gasteiger partial charge in [-0.05, 0) is 30.7 Å². The fourth-order valence-corrected chi connectivity index (χ4v) is 2.13. The van der Waals surface area contributed by atoms with Gasteiger partial charge in [-0.25, -0.2) is 0 Å². The number of aliphatic hydroxyl groups is 1. The molecular weight excluding hydrogens is 274 g/mol. The minimum Gasteiger partial charge on any atom is -0.386 e. The quantitative estimate of drug-likeness (QED) is 0.908. The van der Waals surface area contributed by atoms with Crippen molar-refractivity contribution < 1.29 is 9.90 Å². The molecule has 2 N–H and O–H groups in total. The zero-order chi connectivity index (χ0) is 14.5. The Balaban J connectivity index is 2.04. The molecule has 0 fully saturated rings. The van der Waals surface area contributed by atoms with Gasteiger partial charge in [0.2, 0.25) is 0 Å². The molecular formula is C16H16ClNO2. The van der Waals surface area contributed by atoms with E-state index in [2.05, 4.69) is 5.32 Å². The normalized spacial score (nSPS) is 13.6. The molecule has 1 amide bonds. The predicted molar refractivity (Wildman–Crippen MR) is 79.8 cm³/mol. The molecule has 2 aromatic rings. The molecule has 0 heterocycles. The average molecular weight is 290 g/mol. The summed E-state index contributed by atoms with van der Waals surface area (Å²) in [6.45, 7) is 1.76. The number of aliphatic hydroxyl groups excluding tert-OH is 1. The Morgan fingerprint density at radius 3 is 2.50 bits per heavy atom. The maximum atomic E-state index is 12.1. The molecule has 4 heteroatoms. The Kier molecular flexibility index (Phi) is 4.77. The summed E-state index contributed by atoms with van der Waals surface area (Å²) in [7, 11) is 0. The van der Waals surface area contributed by atoms with Crippen molar-refractivity contribution in [1.82, 2.24) is 5.32 Å². The SMILES string of the molecule is C[C@@H](NC(=O)c1cccc(Cl)c1)[C@H](O)c1ccccc1. The van der Waals surface area contributed by atoms with Crippen molar-refractivity contribution in [2.45, 2.75) is 19.1 Å². The summed E-state index contributed by atoms with van der Waals surface area (Å²) in [6, 6.07) is 15.5. The molecule has 0 saturated heterocycles. The van der Waals surface area contributed by atoms with Crippen molar-refractivity contribution in [3.63, 3.8) is 0 Å². The number of carbonyl (C=O) groups is 1. The number of amides is 1. The molecule has 0 aliphatic heterocycles. The zero-order valence-electron chi connectivity index (χ0n) is 11.1. The lowest BCUT2D eigenvalue weighted by Crippen LogP contribution is -2.37. The van der Waals surface area contributed by atoms with Crippen LogP contribution in [0, 0.1) is 0 Å². The van der Waals surface area contributed by atoms with Crippen LogP contribution in [0.3, 0.4) is 0 Å². The molecule has 0 bridgehead atoms. The van der Waals surface area contributed by atoms with Gasteiger partial charge < -0.3 is 10.4 Å². The van der Waals surface area contributed by atoms with Gasteiger partial charge in [0.05, 0.1) is 12.1 Å². The number of carbonyl (C=O) groups excluding carboxylic acids is 1. The fraction of sp³-hybridized carbons (Fsp3) is 0.188. The van der Waals surface area contributed by atoms with Crippen LogP contribution in [0.15, 0.2) is 54.6 Å². The predicted octanol–water partition coefficient (Wildman–Crippen LogP) is 3.19. The van der Waals surface area contributed by atoms with E-state index in [0.717, 1.165) is 5.56 Å². The molecule has 0 saturated carbocycles. The van der Waals surface area contributed by atoms with Crippen molar-refractivity contribution in [3.8, 4) is 0 Å². The third-order valence-corrected chi connectivity index (χ3v) is 3.30. The maximum Gasteiger partial charge on any atom is 0.251 e. The van der Waals surface area contributed by atoms with Crippen molar-refractivity contribution >= 4 is 17.5 Å². The lowest BCUT2D eigenvalue weighted by molar-refractivity contribution is 0.0852. The highest BCUT2D eigenvalue weighted by molar-refractivity contribution is 6.30. The van der Waals surface area contributed by atoms with Gasteiger partial charge in [-0.1, -0.05) is 48.0 Å². The van der Waals surface area contributed by atoms with E-state index in [1.165, 1.54) is 0 Å². The van der Waals surface area contributed by atoms with E-state index in [1.54, 1.807) is 31.2 Å². The average Bonchev–Trinajstić information content (AvgIpc) is 2.47. The van der Waals surface area contributed by atoms with Crippen LogP contribution in [0.1, 0.15) is 28.9 Å². The molecule has 0 aromatic heterocycles.